The van der Waals surface area contributed by atoms with E-state index in [9.17, 15) is 9.18 Å². The van der Waals surface area contributed by atoms with Crippen LogP contribution in [0, 0.1) is 5.82 Å². The van der Waals surface area contributed by atoms with Crippen molar-refractivity contribution in [2.45, 2.75) is 12.8 Å². The van der Waals surface area contributed by atoms with Crippen LogP contribution in [0.25, 0.3) is 0 Å². The van der Waals surface area contributed by atoms with Crippen molar-refractivity contribution in [1.29, 1.82) is 0 Å². The number of esters is 1. The van der Waals surface area contributed by atoms with Gasteiger partial charge in [0.25, 0.3) is 0 Å². The van der Waals surface area contributed by atoms with Crippen molar-refractivity contribution in [3.63, 3.8) is 0 Å². The van der Waals surface area contributed by atoms with Gasteiger partial charge in [-0.05, 0) is 36.8 Å². The highest BCUT2D eigenvalue weighted by Crippen LogP contribution is 2.18. The lowest BCUT2D eigenvalue weighted by atomic mass is 10.3. The van der Waals surface area contributed by atoms with E-state index in [0.717, 1.165) is 0 Å². The SMILES string of the molecule is COC(=O)CCCNC(=S)Nc1ccc(Cl)cc1F. The smallest absolute Gasteiger partial charge is 0.305 e. The van der Waals surface area contributed by atoms with Crippen LogP contribution >= 0.6 is 23.8 Å². The Morgan fingerprint density at radius 2 is 2.26 bits per heavy atom. The molecule has 0 aromatic heterocycles. The molecule has 0 bridgehead atoms. The lowest BCUT2D eigenvalue weighted by molar-refractivity contribution is -0.140. The second kappa shape index (κ2) is 7.91. The number of hydrogen-bond donors (Lipinski definition) is 2. The number of methoxy groups -OCH3 is 1. The highest BCUT2D eigenvalue weighted by molar-refractivity contribution is 7.80. The van der Waals surface area contributed by atoms with Crippen molar-refractivity contribution >= 4 is 40.6 Å². The molecule has 0 aliphatic heterocycles. The minimum absolute atomic E-state index is 0.245. The minimum atomic E-state index is -0.480. The molecule has 0 saturated carbocycles. The maximum atomic E-state index is 13.5. The molecule has 0 unspecified atom stereocenters. The van der Waals surface area contributed by atoms with E-state index in [1.807, 2.05) is 0 Å². The van der Waals surface area contributed by atoms with Crippen LogP contribution in [-0.2, 0) is 9.53 Å². The standard InChI is InChI=1S/C12H14ClFN2O2S/c1-18-11(17)3-2-6-15-12(19)16-10-5-4-8(13)7-9(10)14/h4-5,7H,2-3,6H2,1H3,(H2,15,16,19). The molecular weight excluding hydrogens is 291 g/mol. The van der Waals surface area contributed by atoms with Gasteiger partial charge >= 0.3 is 5.97 Å². The maximum absolute atomic E-state index is 13.5. The molecule has 0 atom stereocenters. The first-order valence-electron chi connectivity index (χ1n) is 5.59. The van der Waals surface area contributed by atoms with Gasteiger partial charge in [0.1, 0.15) is 5.82 Å². The molecule has 0 saturated heterocycles. The zero-order valence-corrected chi connectivity index (χ0v) is 11.9. The van der Waals surface area contributed by atoms with Crippen molar-refractivity contribution in [2.75, 3.05) is 19.0 Å². The van der Waals surface area contributed by atoms with Crippen LogP contribution in [0.15, 0.2) is 18.2 Å². The molecule has 0 amide bonds. The molecule has 19 heavy (non-hydrogen) atoms. The highest BCUT2D eigenvalue weighted by Gasteiger charge is 2.05. The largest absolute Gasteiger partial charge is 0.469 e. The molecule has 2 N–H and O–H groups in total. The molecule has 104 valence electrons. The van der Waals surface area contributed by atoms with Gasteiger partial charge in [0.05, 0.1) is 12.8 Å². The van der Waals surface area contributed by atoms with Crippen LogP contribution in [0.2, 0.25) is 5.02 Å². The predicted octanol–water partition coefficient (Wildman–Crippen LogP) is 2.72. The van der Waals surface area contributed by atoms with Crippen LogP contribution in [-0.4, -0.2) is 24.7 Å². The Hall–Kier alpha value is -1.40. The Bertz CT molecular complexity index is 471. The molecule has 1 aromatic rings. The number of nitrogens with one attached hydrogen (secondary N) is 2. The number of carbonyl (C=O) groups is 1. The van der Waals surface area contributed by atoms with Gasteiger partial charge in [-0.15, -0.1) is 0 Å². The zero-order chi connectivity index (χ0) is 14.3. The molecule has 0 radical (unpaired) electrons. The number of thiocarbonyl (C=S) groups is 1. The molecule has 4 nitrogen and oxygen atoms in total. The average molecular weight is 305 g/mol. The fourth-order valence-corrected chi connectivity index (χ4v) is 1.66. The van der Waals surface area contributed by atoms with E-state index in [-0.39, 0.29) is 16.8 Å². The molecule has 7 heteroatoms. The summed E-state index contributed by atoms with van der Waals surface area (Å²) in [4.78, 5) is 10.9. The van der Waals surface area contributed by atoms with Crippen molar-refractivity contribution < 1.29 is 13.9 Å². The van der Waals surface area contributed by atoms with E-state index in [1.54, 1.807) is 6.07 Å². The quantitative estimate of drug-likeness (QED) is 0.498. The van der Waals surface area contributed by atoms with Crippen LogP contribution < -0.4 is 10.6 Å². The number of carbonyl (C=O) groups excluding carboxylic acids is 1. The third kappa shape index (κ3) is 5.85. The van der Waals surface area contributed by atoms with E-state index >= 15 is 0 Å². The number of rotatable bonds is 5. The molecule has 0 spiro atoms. The average Bonchev–Trinajstić information content (AvgIpc) is 2.37. The molecule has 1 rings (SSSR count). The Morgan fingerprint density at radius 3 is 2.89 bits per heavy atom. The summed E-state index contributed by atoms with van der Waals surface area (Å²) in [5, 5.41) is 6.18. The van der Waals surface area contributed by atoms with Crippen molar-refractivity contribution in [3.05, 3.63) is 29.0 Å². The number of hydrogen-bond acceptors (Lipinski definition) is 3. The monoisotopic (exact) mass is 304 g/mol. The van der Waals surface area contributed by atoms with Gasteiger partial charge < -0.3 is 15.4 Å². The maximum Gasteiger partial charge on any atom is 0.305 e. The number of anilines is 1. The van der Waals surface area contributed by atoms with Gasteiger partial charge in [-0.25, -0.2) is 4.39 Å². The van der Waals surface area contributed by atoms with Gasteiger partial charge in [0, 0.05) is 18.0 Å². The highest BCUT2D eigenvalue weighted by atomic mass is 35.5. The number of benzene rings is 1. The predicted molar refractivity (Wildman–Crippen MR) is 76.9 cm³/mol. The van der Waals surface area contributed by atoms with E-state index in [2.05, 4.69) is 15.4 Å². The summed E-state index contributed by atoms with van der Waals surface area (Å²) >= 11 is 10.6. The fraction of sp³-hybridized carbons (Fsp3) is 0.333. The van der Waals surface area contributed by atoms with E-state index in [1.165, 1.54) is 19.2 Å². The Morgan fingerprint density at radius 1 is 1.53 bits per heavy atom. The summed E-state index contributed by atoms with van der Waals surface area (Å²) < 4.78 is 18.0. The molecule has 0 aliphatic rings. The van der Waals surface area contributed by atoms with Crippen molar-refractivity contribution in [3.8, 4) is 0 Å². The van der Waals surface area contributed by atoms with Crippen molar-refractivity contribution in [2.24, 2.45) is 0 Å². The summed E-state index contributed by atoms with van der Waals surface area (Å²) in [7, 11) is 1.34. The molecular formula is C12H14ClFN2O2S. The second-order valence-electron chi connectivity index (χ2n) is 3.68. The third-order valence-electron chi connectivity index (χ3n) is 2.25. The lowest BCUT2D eigenvalue weighted by Crippen LogP contribution is -2.29. The minimum Gasteiger partial charge on any atom is -0.469 e. The van der Waals surface area contributed by atoms with Crippen LogP contribution in [0.3, 0.4) is 0 Å². The van der Waals surface area contributed by atoms with Gasteiger partial charge in [0.15, 0.2) is 5.11 Å². The van der Waals surface area contributed by atoms with Crippen LogP contribution in [0.5, 0.6) is 0 Å². The van der Waals surface area contributed by atoms with Gasteiger partial charge in [-0.3, -0.25) is 4.79 Å². The third-order valence-corrected chi connectivity index (χ3v) is 2.73. The normalized spacial score (nSPS) is 9.84. The molecule has 0 fully saturated rings. The van der Waals surface area contributed by atoms with E-state index in [4.69, 9.17) is 23.8 Å². The molecule has 0 aliphatic carbocycles. The summed E-state index contributed by atoms with van der Waals surface area (Å²) in [6.45, 7) is 0.496. The number of ether oxygens (including phenoxy) is 1. The first-order valence-corrected chi connectivity index (χ1v) is 6.38. The van der Waals surface area contributed by atoms with Gasteiger partial charge in [-0.2, -0.15) is 0 Å². The van der Waals surface area contributed by atoms with Crippen molar-refractivity contribution in [1.82, 2.24) is 5.32 Å². The lowest BCUT2D eigenvalue weighted by Gasteiger charge is -2.11. The second-order valence-corrected chi connectivity index (χ2v) is 4.53. The van der Waals surface area contributed by atoms with E-state index in [0.29, 0.717) is 24.4 Å². The Balaban J connectivity index is 2.33. The van der Waals surface area contributed by atoms with Crippen LogP contribution in [0.4, 0.5) is 10.1 Å². The first kappa shape index (κ1) is 15.7. The number of halogens is 2. The Kier molecular flexibility index (Phi) is 6.52. The summed E-state index contributed by atoms with van der Waals surface area (Å²) in [5.41, 5.74) is 0.245. The molecule has 1 aromatic carbocycles. The Labute approximate surface area is 121 Å². The van der Waals surface area contributed by atoms with Crippen LogP contribution in [0.1, 0.15) is 12.8 Å². The van der Waals surface area contributed by atoms with E-state index < -0.39 is 5.82 Å². The fourth-order valence-electron chi connectivity index (χ4n) is 1.29. The summed E-state index contributed by atoms with van der Waals surface area (Å²) in [6.07, 6.45) is 0.888. The topological polar surface area (TPSA) is 50.4 Å². The molecule has 0 heterocycles. The van der Waals surface area contributed by atoms with Gasteiger partial charge in [0.2, 0.25) is 0 Å². The first-order chi connectivity index (χ1) is 9.02. The zero-order valence-electron chi connectivity index (χ0n) is 10.3. The van der Waals surface area contributed by atoms with Gasteiger partial charge in [-0.1, -0.05) is 11.6 Å². The summed E-state index contributed by atoms with van der Waals surface area (Å²) in [6, 6.07) is 4.26. The summed E-state index contributed by atoms with van der Waals surface area (Å²) in [5.74, 6) is -0.754.